The second kappa shape index (κ2) is 4.42. The number of phenolic OH excluding ortho intramolecular Hbond substituents is 1. The molecule has 1 saturated heterocycles. The number of rotatable bonds is 1. The van der Waals surface area contributed by atoms with Crippen LogP contribution in [0.25, 0.3) is 0 Å². The summed E-state index contributed by atoms with van der Waals surface area (Å²) in [6, 6.07) is 2.54. The Hall–Kier alpha value is -2.21. The average Bonchev–Trinajstić information content (AvgIpc) is 2.77. The molecule has 3 rings (SSSR count). The molecule has 0 aromatic heterocycles. The van der Waals surface area contributed by atoms with Gasteiger partial charge in [-0.1, -0.05) is 12.2 Å². The summed E-state index contributed by atoms with van der Waals surface area (Å²) in [7, 11) is 1.42. The first kappa shape index (κ1) is 12.8. The Morgan fingerprint density at radius 2 is 2.25 bits per heavy atom. The molecule has 0 aliphatic carbocycles. The maximum Gasteiger partial charge on any atom is 0.256 e. The van der Waals surface area contributed by atoms with Gasteiger partial charge in [-0.05, 0) is 12.5 Å². The standard InChI is InChI=1S/C14H16N2O4/c1-7-3-10-13(18)15-9-5-11(17)12(20-2)4-8(9)14(19)16(10)6-7/h4-5,10,13,15,17-18H,1,3,6H2,2H3. The topological polar surface area (TPSA) is 82.0 Å². The molecule has 106 valence electrons. The average molecular weight is 276 g/mol. The van der Waals surface area contributed by atoms with Crippen LogP contribution in [0.1, 0.15) is 16.8 Å². The first-order valence-electron chi connectivity index (χ1n) is 6.34. The van der Waals surface area contributed by atoms with E-state index in [1.807, 2.05) is 0 Å². The van der Waals surface area contributed by atoms with E-state index in [4.69, 9.17) is 4.74 Å². The minimum absolute atomic E-state index is 0.0785. The Labute approximate surface area is 116 Å². The molecular formula is C14H16N2O4. The molecule has 0 bridgehead atoms. The Balaban J connectivity index is 2.10. The van der Waals surface area contributed by atoms with Crippen molar-refractivity contribution in [3.63, 3.8) is 0 Å². The monoisotopic (exact) mass is 276 g/mol. The van der Waals surface area contributed by atoms with E-state index in [0.29, 0.717) is 24.2 Å². The summed E-state index contributed by atoms with van der Waals surface area (Å²) in [6.45, 7) is 4.32. The molecule has 0 saturated carbocycles. The second-order valence-corrected chi connectivity index (χ2v) is 5.11. The zero-order chi connectivity index (χ0) is 14.4. The van der Waals surface area contributed by atoms with E-state index in [0.717, 1.165) is 5.57 Å². The third-order valence-electron chi connectivity index (χ3n) is 3.77. The molecule has 1 fully saturated rings. The van der Waals surface area contributed by atoms with Crippen LogP contribution in [0.15, 0.2) is 24.3 Å². The summed E-state index contributed by atoms with van der Waals surface area (Å²) in [4.78, 5) is 14.2. The largest absolute Gasteiger partial charge is 0.504 e. The highest BCUT2D eigenvalue weighted by Crippen LogP contribution is 2.37. The third kappa shape index (κ3) is 1.80. The summed E-state index contributed by atoms with van der Waals surface area (Å²) in [5, 5.41) is 22.9. The van der Waals surface area contributed by atoms with Gasteiger partial charge in [0.05, 0.1) is 24.4 Å². The number of nitrogens with one attached hydrogen (secondary N) is 1. The van der Waals surface area contributed by atoms with Crippen LogP contribution >= 0.6 is 0 Å². The number of ether oxygens (including phenoxy) is 1. The van der Waals surface area contributed by atoms with Gasteiger partial charge in [-0.15, -0.1) is 0 Å². The van der Waals surface area contributed by atoms with Gasteiger partial charge in [-0.25, -0.2) is 0 Å². The van der Waals surface area contributed by atoms with Crippen LogP contribution in [0.3, 0.4) is 0 Å². The van der Waals surface area contributed by atoms with E-state index < -0.39 is 6.23 Å². The van der Waals surface area contributed by atoms with E-state index in [1.165, 1.54) is 19.2 Å². The maximum atomic E-state index is 12.6. The number of amides is 1. The minimum Gasteiger partial charge on any atom is -0.504 e. The number of hydrogen-bond acceptors (Lipinski definition) is 5. The predicted octanol–water partition coefficient (Wildman–Crippen LogP) is 0.915. The number of hydrogen-bond donors (Lipinski definition) is 3. The second-order valence-electron chi connectivity index (χ2n) is 5.11. The van der Waals surface area contributed by atoms with E-state index in [2.05, 4.69) is 11.9 Å². The highest BCUT2D eigenvalue weighted by Gasteiger charge is 2.40. The van der Waals surface area contributed by atoms with E-state index in [-0.39, 0.29) is 23.4 Å². The van der Waals surface area contributed by atoms with E-state index >= 15 is 0 Å². The minimum atomic E-state index is -0.896. The molecule has 1 aromatic carbocycles. The lowest BCUT2D eigenvalue weighted by atomic mass is 10.1. The van der Waals surface area contributed by atoms with Crippen LogP contribution in [0.5, 0.6) is 11.5 Å². The normalized spacial score (nSPS) is 24.8. The lowest BCUT2D eigenvalue weighted by Gasteiger charge is -2.24. The number of carbonyl (C=O) groups excluding carboxylic acids is 1. The number of methoxy groups -OCH3 is 1. The van der Waals surface area contributed by atoms with Gasteiger partial charge in [-0.3, -0.25) is 4.79 Å². The van der Waals surface area contributed by atoms with Gasteiger partial charge in [0.2, 0.25) is 0 Å². The number of aromatic hydroxyl groups is 1. The van der Waals surface area contributed by atoms with Crippen LogP contribution in [0.2, 0.25) is 0 Å². The number of benzene rings is 1. The van der Waals surface area contributed by atoms with Crippen molar-refractivity contribution in [3.05, 3.63) is 29.8 Å². The van der Waals surface area contributed by atoms with Crippen molar-refractivity contribution >= 4 is 11.6 Å². The van der Waals surface area contributed by atoms with Crippen molar-refractivity contribution in [2.45, 2.75) is 18.7 Å². The zero-order valence-electron chi connectivity index (χ0n) is 11.1. The highest BCUT2D eigenvalue weighted by atomic mass is 16.5. The smallest absolute Gasteiger partial charge is 0.256 e. The van der Waals surface area contributed by atoms with Crippen LogP contribution in [0, 0.1) is 0 Å². The van der Waals surface area contributed by atoms with Crippen molar-refractivity contribution in [1.82, 2.24) is 4.90 Å². The summed E-state index contributed by atoms with van der Waals surface area (Å²) in [6.07, 6.45) is -0.330. The zero-order valence-corrected chi connectivity index (χ0v) is 11.1. The number of anilines is 1. The van der Waals surface area contributed by atoms with Crippen LogP contribution < -0.4 is 10.1 Å². The molecule has 2 aliphatic heterocycles. The van der Waals surface area contributed by atoms with Crippen molar-refractivity contribution in [2.75, 3.05) is 19.0 Å². The van der Waals surface area contributed by atoms with Crippen molar-refractivity contribution in [1.29, 1.82) is 0 Å². The van der Waals surface area contributed by atoms with Crippen molar-refractivity contribution < 1.29 is 19.7 Å². The maximum absolute atomic E-state index is 12.6. The van der Waals surface area contributed by atoms with Gasteiger partial charge in [0.1, 0.15) is 6.23 Å². The van der Waals surface area contributed by atoms with E-state index in [9.17, 15) is 15.0 Å². The van der Waals surface area contributed by atoms with Crippen LogP contribution in [0.4, 0.5) is 5.69 Å². The first-order chi connectivity index (χ1) is 9.51. The molecule has 20 heavy (non-hydrogen) atoms. The Morgan fingerprint density at radius 1 is 1.50 bits per heavy atom. The number of phenols is 1. The summed E-state index contributed by atoms with van der Waals surface area (Å²) >= 11 is 0. The molecule has 2 aliphatic rings. The number of carbonyl (C=O) groups is 1. The lowest BCUT2D eigenvalue weighted by Crippen LogP contribution is -2.43. The van der Waals surface area contributed by atoms with Crippen molar-refractivity contribution in [3.8, 4) is 11.5 Å². The molecular weight excluding hydrogens is 260 g/mol. The fourth-order valence-electron chi connectivity index (χ4n) is 2.77. The predicted molar refractivity (Wildman–Crippen MR) is 72.9 cm³/mol. The SMILES string of the molecule is C=C1CC2C(O)Nc3cc(O)c(OC)cc3C(=O)N2C1. The fraction of sp³-hybridized carbons (Fsp3) is 0.357. The number of aliphatic hydroxyl groups excluding tert-OH is 1. The fourth-order valence-corrected chi connectivity index (χ4v) is 2.77. The molecule has 0 spiro atoms. The van der Waals surface area contributed by atoms with Crippen molar-refractivity contribution in [2.24, 2.45) is 0 Å². The van der Waals surface area contributed by atoms with Gasteiger partial charge in [-0.2, -0.15) is 0 Å². The number of fused-ring (bicyclic) bond motifs is 2. The molecule has 0 radical (unpaired) electrons. The van der Waals surface area contributed by atoms with E-state index in [1.54, 1.807) is 4.90 Å². The molecule has 6 heteroatoms. The number of aliphatic hydroxyl groups is 1. The number of nitrogens with zero attached hydrogens (tertiary/aromatic N) is 1. The van der Waals surface area contributed by atoms with Gasteiger partial charge < -0.3 is 25.2 Å². The van der Waals surface area contributed by atoms with Gasteiger partial charge in [0.15, 0.2) is 11.5 Å². The molecule has 2 heterocycles. The Morgan fingerprint density at radius 3 is 2.95 bits per heavy atom. The Kier molecular flexibility index (Phi) is 2.83. The third-order valence-corrected chi connectivity index (χ3v) is 3.77. The molecule has 2 atom stereocenters. The molecule has 1 aromatic rings. The van der Waals surface area contributed by atoms with Gasteiger partial charge >= 0.3 is 0 Å². The summed E-state index contributed by atoms with van der Waals surface area (Å²) < 4.78 is 5.03. The Bertz CT molecular complexity index is 599. The van der Waals surface area contributed by atoms with Crippen LogP contribution in [-0.2, 0) is 0 Å². The quantitative estimate of drug-likeness (QED) is 0.664. The molecule has 6 nitrogen and oxygen atoms in total. The summed E-state index contributed by atoms with van der Waals surface area (Å²) in [5.41, 5.74) is 1.69. The molecule has 3 N–H and O–H groups in total. The lowest BCUT2D eigenvalue weighted by molar-refractivity contribution is 0.0582. The molecule has 1 amide bonds. The van der Waals surface area contributed by atoms with Gasteiger partial charge in [0, 0.05) is 12.6 Å². The summed E-state index contributed by atoms with van der Waals surface area (Å²) in [5.74, 6) is -0.0546. The van der Waals surface area contributed by atoms with Crippen LogP contribution in [-0.4, -0.2) is 46.9 Å². The molecule has 2 unspecified atom stereocenters. The highest BCUT2D eigenvalue weighted by molar-refractivity contribution is 6.01. The first-order valence-corrected chi connectivity index (χ1v) is 6.34. The van der Waals surface area contributed by atoms with Gasteiger partial charge in [0.25, 0.3) is 5.91 Å².